The number of nitrogens with one attached hydrogen (secondary N) is 1. The van der Waals surface area contributed by atoms with Crippen LogP contribution in [0.4, 0.5) is 0 Å². The highest BCUT2D eigenvalue weighted by atomic mass is 32.2. The number of H-pyrrole nitrogens is 1. The molecule has 2 aromatic heterocycles. The van der Waals surface area contributed by atoms with Crippen LogP contribution in [0.1, 0.15) is 0 Å². The van der Waals surface area contributed by atoms with Gasteiger partial charge in [-0.15, -0.1) is 11.3 Å². The number of thiophene rings is 1. The van der Waals surface area contributed by atoms with E-state index in [-0.39, 0.29) is 5.16 Å². The Labute approximate surface area is 130 Å². The van der Waals surface area contributed by atoms with E-state index in [1.165, 1.54) is 11.3 Å². The Balaban J connectivity index is 2.27. The normalized spacial score (nSPS) is 11.7. The van der Waals surface area contributed by atoms with E-state index >= 15 is 0 Å². The summed E-state index contributed by atoms with van der Waals surface area (Å²) < 4.78 is 28.3. The molecule has 3 rings (SSSR count). The van der Waals surface area contributed by atoms with Crippen molar-refractivity contribution in [3.8, 4) is 16.9 Å². The predicted octanol–water partition coefficient (Wildman–Crippen LogP) is 2.06. The zero-order valence-electron chi connectivity index (χ0n) is 11.8. The van der Waals surface area contributed by atoms with E-state index < -0.39 is 15.4 Å². The zero-order valence-corrected chi connectivity index (χ0v) is 13.4. The smallest absolute Gasteiger partial charge is 0.261 e. The lowest BCUT2D eigenvalue weighted by molar-refractivity contribution is 0.415. The van der Waals surface area contributed by atoms with Crippen molar-refractivity contribution in [2.24, 2.45) is 0 Å². The van der Waals surface area contributed by atoms with Gasteiger partial charge < -0.3 is 4.74 Å². The number of sulfone groups is 1. The lowest BCUT2D eigenvalue weighted by Gasteiger charge is -2.03. The van der Waals surface area contributed by atoms with E-state index in [4.69, 9.17) is 4.74 Å². The minimum absolute atomic E-state index is 0.316. The van der Waals surface area contributed by atoms with Gasteiger partial charge in [0.2, 0.25) is 15.0 Å². The summed E-state index contributed by atoms with van der Waals surface area (Å²) in [6, 6.07) is 7.30. The van der Waals surface area contributed by atoms with E-state index in [9.17, 15) is 13.2 Å². The molecule has 0 saturated heterocycles. The van der Waals surface area contributed by atoms with Gasteiger partial charge in [-0.25, -0.2) is 13.4 Å². The summed E-state index contributed by atoms with van der Waals surface area (Å²) in [5, 5.41) is 1.85. The van der Waals surface area contributed by atoms with Crippen LogP contribution in [0, 0.1) is 0 Å². The number of aromatic nitrogens is 2. The molecular weight excluding hydrogens is 324 g/mol. The van der Waals surface area contributed by atoms with Crippen LogP contribution < -0.4 is 10.3 Å². The van der Waals surface area contributed by atoms with Crippen molar-refractivity contribution in [1.29, 1.82) is 0 Å². The monoisotopic (exact) mass is 336 g/mol. The number of hydrogen-bond acceptors (Lipinski definition) is 6. The molecule has 0 aliphatic rings. The molecule has 0 radical (unpaired) electrons. The molecule has 114 valence electrons. The van der Waals surface area contributed by atoms with Crippen molar-refractivity contribution in [3.63, 3.8) is 0 Å². The Kier molecular flexibility index (Phi) is 3.50. The molecule has 0 fully saturated rings. The highest BCUT2D eigenvalue weighted by Gasteiger charge is 2.17. The molecular formula is C14H12N2O4S2. The number of nitrogens with zero attached hydrogens (tertiary/aromatic N) is 1. The average Bonchev–Trinajstić information content (AvgIpc) is 2.91. The number of aromatic amines is 1. The topological polar surface area (TPSA) is 89.1 Å². The maximum atomic E-state index is 12.3. The van der Waals surface area contributed by atoms with Crippen molar-refractivity contribution in [1.82, 2.24) is 9.97 Å². The van der Waals surface area contributed by atoms with Crippen LogP contribution in [0.3, 0.4) is 0 Å². The molecule has 1 N–H and O–H groups in total. The van der Waals surface area contributed by atoms with E-state index in [1.807, 2.05) is 24.3 Å². The van der Waals surface area contributed by atoms with Gasteiger partial charge in [-0.3, -0.25) is 9.78 Å². The molecule has 2 heterocycles. The number of rotatable bonds is 3. The van der Waals surface area contributed by atoms with Gasteiger partial charge in [0.1, 0.15) is 10.6 Å². The third kappa shape index (κ3) is 2.51. The standard InChI is InChI=1S/C14H12N2O4S2/c1-20-9-5-3-4-8(6-9)10-7-21-13-11(10)12(17)15-14(16-13)22(2,18)19/h3-7H,1-2H3,(H,15,16,17). The number of ether oxygens (including phenoxy) is 1. The summed E-state index contributed by atoms with van der Waals surface area (Å²) in [6.45, 7) is 0. The van der Waals surface area contributed by atoms with Crippen molar-refractivity contribution in [3.05, 3.63) is 40.0 Å². The van der Waals surface area contributed by atoms with Crippen LogP contribution >= 0.6 is 11.3 Å². The summed E-state index contributed by atoms with van der Waals surface area (Å²) in [4.78, 5) is 19.0. The van der Waals surface area contributed by atoms with Gasteiger partial charge in [0, 0.05) is 17.2 Å². The van der Waals surface area contributed by atoms with Gasteiger partial charge in [0.05, 0.1) is 12.5 Å². The molecule has 0 unspecified atom stereocenters. The summed E-state index contributed by atoms with van der Waals surface area (Å²) >= 11 is 1.23. The largest absolute Gasteiger partial charge is 0.497 e. The first-order chi connectivity index (χ1) is 10.4. The number of benzene rings is 1. The van der Waals surface area contributed by atoms with E-state index in [0.29, 0.717) is 21.5 Å². The molecule has 0 aliphatic carbocycles. The Hall–Kier alpha value is -2.19. The van der Waals surface area contributed by atoms with Gasteiger partial charge in [0.15, 0.2) is 0 Å². The number of methoxy groups -OCH3 is 1. The Morgan fingerprint density at radius 1 is 1.32 bits per heavy atom. The lowest BCUT2D eigenvalue weighted by Crippen LogP contribution is -2.14. The highest BCUT2D eigenvalue weighted by molar-refractivity contribution is 7.90. The molecule has 6 nitrogen and oxygen atoms in total. The Bertz CT molecular complexity index is 1020. The molecule has 1 aromatic carbocycles. The fraction of sp³-hybridized carbons (Fsp3) is 0.143. The zero-order chi connectivity index (χ0) is 15.9. The summed E-state index contributed by atoms with van der Waals surface area (Å²) in [5.74, 6) is 0.675. The second kappa shape index (κ2) is 5.22. The van der Waals surface area contributed by atoms with Crippen molar-refractivity contribution >= 4 is 31.4 Å². The van der Waals surface area contributed by atoms with Crippen LogP contribution in [0.15, 0.2) is 39.6 Å². The minimum atomic E-state index is -3.56. The number of hydrogen-bond donors (Lipinski definition) is 1. The van der Waals surface area contributed by atoms with Gasteiger partial charge >= 0.3 is 0 Å². The van der Waals surface area contributed by atoms with Crippen LogP contribution in [0.2, 0.25) is 0 Å². The third-order valence-electron chi connectivity index (χ3n) is 3.15. The molecule has 0 spiro atoms. The molecule has 8 heteroatoms. The van der Waals surface area contributed by atoms with Gasteiger partial charge in [0.25, 0.3) is 5.56 Å². The first kappa shape index (κ1) is 14.7. The molecule has 0 amide bonds. The Morgan fingerprint density at radius 3 is 2.77 bits per heavy atom. The van der Waals surface area contributed by atoms with Crippen molar-refractivity contribution < 1.29 is 13.2 Å². The molecule has 3 aromatic rings. The van der Waals surface area contributed by atoms with Gasteiger partial charge in [-0.2, -0.15) is 0 Å². The molecule has 22 heavy (non-hydrogen) atoms. The fourth-order valence-corrected chi connectivity index (χ4v) is 3.65. The van der Waals surface area contributed by atoms with E-state index in [2.05, 4.69) is 9.97 Å². The molecule has 0 aliphatic heterocycles. The van der Waals surface area contributed by atoms with E-state index in [0.717, 1.165) is 11.8 Å². The average molecular weight is 336 g/mol. The maximum absolute atomic E-state index is 12.3. The van der Waals surface area contributed by atoms with Crippen LogP contribution in [-0.2, 0) is 9.84 Å². The third-order valence-corrected chi connectivity index (χ3v) is 4.92. The first-order valence-electron chi connectivity index (χ1n) is 6.26. The van der Waals surface area contributed by atoms with Crippen molar-refractivity contribution in [2.45, 2.75) is 5.16 Å². The van der Waals surface area contributed by atoms with Gasteiger partial charge in [-0.1, -0.05) is 12.1 Å². The molecule has 0 atom stereocenters. The number of fused-ring (bicyclic) bond motifs is 1. The predicted molar refractivity (Wildman–Crippen MR) is 85.3 cm³/mol. The SMILES string of the molecule is COc1cccc(-c2csc3nc(S(C)(=O)=O)[nH]c(=O)c23)c1. The van der Waals surface area contributed by atoms with E-state index in [1.54, 1.807) is 12.5 Å². The first-order valence-corrected chi connectivity index (χ1v) is 9.03. The van der Waals surface area contributed by atoms with Crippen molar-refractivity contribution in [2.75, 3.05) is 13.4 Å². The van der Waals surface area contributed by atoms with Crippen LogP contribution in [0.5, 0.6) is 5.75 Å². The highest BCUT2D eigenvalue weighted by Crippen LogP contribution is 2.32. The second-order valence-corrected chi connectivity index (χ2v) is 7.49. The quantitative estimate of drug-likeness (QED) is 0.740. The summed E-state index contributed by atoms with van der Waals surface area (Å²) in [6.07, 6.45) is 1.01. The van der Waals surface area contributed by atoms with Crippen LogP contribution in [0.25, 0.3) is 21.3 Å². The summed E-state index contributed by atoms with van der Waals surface area (Å²) in [5.41, 5.74) is 1.04. The summed E-state index contributed by atoms with van der Waals surface area (Å²) in [7, 11) is -2.00. The second-order valence-electron chi connectivity index (χ2n) is 4.70. The molecule has 0 saturated carbocycles. The molecule has 0 bridgehead atoms. The maximum Gasteiger partial charge on any atom is 0.261 e. The minimum Gasteiger partial charge on any atom is -0.497 e. The lowest BCUT2D eigenvalue weighted by atomic mass is 10.1. The van der Waals surface area contributed by atoms with Gasteiger partial charge in [-0.05, 0) is 17.7 Å². The fourth-order valence-electron chi connectivity index (χ4n) is 2.11. The van der Waals surface area contributed by atoms with Crippen LogP contribution in [-0.4, -0.2) is 31.8 Å². The Morgan fingerprint density at radius 2 is 2.09 bits per heavy atom.